The minimum atomic E-state index is -0.750. The van der Waals surface area contributed by atoms with Crippen molar-refractivity contribution in [1.29, 1.82) is 0 Å². The van der Waals surface area contributed by atoms with Gasteiger partial charge in [-0.05, 0) is 12.1 Å². The Kier molecular flexibility index (Phi) is 4.62. The van der Waals surface area contributed by atoms with Crippen molar-refractivity contribution in [2.45, 2.75) is 16.9 Å². The molecule has 20 heavy (non-hydrogen) atoms. The van der Waals surface area contributed by atoms with Crippen molar-refractivity contribution < 1.29 is 23.5 Å². The fourth-order valence-electron chi connectivity index (χ4n) is 1.56. The fraction of sp³-hybridized carbons (Fsp3) is 0.308. The molecule has 0 aliphatic heterocycles. The monoisotopic (exact) mass is 295 g/mol. The second-order valence-corrected chi connectivity index (χ2v) is 5.01. The highest BCUT2D eigenvalue weighted by molar-refractivity contribution is 8.00. The summed E-state index contributed by atoms with van der Waals surface area (Å²) < 4.78 is 14.7. The van der Waals surface area contributed by atoms with E-state index in [9.17, 15) is 9.59 Å². The molecule has 2 aromatic rings. The summed E-state index contributed by atoms with van der Waals surface area (Å²) in [5, 5.41) is -0.439. The number of hydrogen-bond donors (Lipinski definition) is 0. The number of carbonyl (C=O) groups is 2. The van der Waals surface area contributed by atoms with Crippen LogP contribution in [0.3, 0.4) is 0 Å². The normalized spacial score (nSPS) is 12.1. The molecule has 1 aromatic carbocycles. The number of ether oxygens (including phenoxy) is 2. The van der Waals surface area contributed by atoms with Crippen LogP contribution in [0.5, 0.6) is 0 Å². The molecule has 2 rings (SSSR count). The minimum Gasteiger partial charge on any atom is -0.469 e. The molecule has 6 nitrogen and oxygen atoms in total. The Hall–Kier alpha value is -2.02. The minimum absolute atomic E-state index is 0.105. The third-order valence-electron chi connectivity index (χ3n) is 2.56. The Balaban J connectivity index is 2.17. The number of para-hydroxylation sites is 2. The molecule has 0 fully saturated rings. The van der Waals surface area contributed by atoms with E-state index >= 15 is 0 Å². The van der Waals surface area contributed by atoms with E-state index < -0.39 is 17.2 Å². The van der Waals surface area contributed by atoms with E-state index in [4.69, 9.17) is 4.42 Å². The quantitative estimate of drug-likeness (QED) is 0.616. The van der Waals surface area contributed by atoms with Crippen LogP contribution in [-0.2, 0) is 19.1 Å². The first-order chi connectivity index (χ1) is 9.63. The number of esters is 2. The van der Waals surface area contributed by atoms with Gasteiger partial charge in [0.1, 0.15) is 10.8 Å². The summed E-state index contributed by atoms with van der Waals surface area (Å²) in [6, 6.07) is 7.25. The Morgan fingerprint density at radius 1 is 1.30 bits per heavy atom. The van der Waals surface area contributed by atoms with E-state index in [0.717, 1.165) is 11.8 Å². The number of fused-ring (bicyclic) bond motifs is 1. The molecule has 0 radical (unpaired) electrons. The molecule has 7 heteroatoms. The van der Waals surface area contributed by atoms with Gasteiger partial charge in [-0.25, -0.2) is 4.98 Å². The maximum atomic E-state index is 11.7. The summed E-state index contributed by atoms with van der Waals surface area (Å²) >= 11 is 1.04. The first kappa shape index (κ1) is 14.4. The maximum Gasteiger partial charge on any atom is 0.319 e. The number of benzene rings is 1. The van der Waals surface area contributed by atoms with Gasteiger partial charge in [0.25, 0.3) is 5.22 Å². The van der Waals surface area contributed by atoms with E-state index in [1.807, 2.05) is 12.1 Å². The van der Waals surface area contributed by atoms with Gasteiger partial charge in [-0.3, -0.25) is 9.59 Å². The number of carbonyl (C=O) groups excluding carboxylic acids is 2. The lowest BCUT2D eigenvalue weighted by molar-refractivity contribution is -0.146. The molecule has 0 bridgehead atoms. The highest BCUT2D eigenvalue weighted by Crippen LogP contribution is 2.29. The average Bonchev–Trinajstić information content (AvgIpc) is 2.87. The van der Waals surface area contributed by atoms with Gasteiger partial charge in [-0.2, -0.15) is 0 Å². The highest BCUT2D eigenvalue weighted by Gasteiger charge is 2.26. The smallest absolute Gasteiger partial charge is 0.319 e. The van der Waals surface area contributed by atoms with E-state index in [-0.39, 0.29) is 6.42 Å². The standard InChI is InChI=1S/C13H13NO5S/c1-17-11(15)7-10(12(16)18-2)20-13-14-8-5-3-4-6-9(8)19-13/h3-6,10H,7H2,1-2H3. The zero-order valence-electron chi connectivity index (χ0n) is 11.0. The molecule has 0 amide bonds. The number of aromatic nitrogens is 1. The van der Waals surface area contributed by atoms with Gasteiger partial charge in [-0.1, -0.05) is 23.9 Å². The van der Waals surface area contributed by atoms with Crippen molar-refractivity contribution in [2.24, 2.45) is 0 Å². The van der Waals surface area contributed by atoms with Crippen molar-refractivity contribution in [2.75, 3.05) is 14.2 Å². The lowest BCUT2D eigenvalue weighted by Crippen LogP contribution is -2.23. The summed E-state index contributed by atoms with van der Waals surface area (Å²) in [6.07, 6.45) is -0.105. The van der Waals surface area contributed by atoms with Crippen LogP contribution in [0, 0.1) is 0 Å². The van der Waals surface area contributed by atoms with E-state index in [1.54, 1.807) is 12.1 Å². The molecule has 0 aliphatic carbocycles. The average molecular weight is 295 g/mol. The lowest BCUT2D eigenvalue weighted by Gasteiger charge is -2.10. The molecule has 1 aromatic heterocycles. The molecule has 0 N–H and O–H groups in total. The van der Waals surface area contributed by atoms with Crippen LogP contribution in [0.25, 0.3) is 11.1 Å². The van der Waals surface area contributed by atoms with Gasteiger partial charge >= 0.3 is 11.9 Å². The molecule has 1 heterocycles. The molecule has 0 spiro atoms. The third kappa shape index (κ3) is 3.30. The molecule has 0 saturated carbocycles. The molecule has 0 aliphatic rings. The van der Waals surface area contributed by atoms with Crippen LogP contribution in [0.1, 0.15) is 6.42 Å². The highest BCUT2D eigenvalue weighted by atomic mass is 32.2. The van der Waals surface area contributed by atoms with E-state index in [2.05, 4.69) is 14.5 Å². The number of rotatable bonds is 5. The van der Waals surface area contributed by atoms with Crippen molar-refractivity contribution in [3.05, 3.63) is 24.3 Å². The molecule has 106 valence electrons. The Morgan fingerprint density at radius 2 is 2.05 bits per heavy atom. The predicted octanol–water partition coefficient (Wildman–Crippen LogP) is 2.02. The van der Waals surface area contributed by atoms with Crippen molar-refractivity contribution in [1.82, 2.24) is 4.98 Å². The number of methoxy groups -OCH3 is 2. The van der Waals surface area contributed by atoms with Crippen LogP contribution < -0.4 is 0 Å². The van der Waals surface area contributed by atoms with Gasteiger partial charge in [0.15, 0.2) is 5.58 Å². The lowest BCUT2D eigenvalue weighted by atomic mass is 10.3. The van der Waals surface area contributed by atoms with E-state index in [1.165, 1.54) is 14.2 Å². The van der Waals surface area contributed by atoms with Crippen molar-refractivity contribution >= 4 is 34.8 Å². The summed E-state index contributed by atoms with van der Waals surface area (Å²) in [6.45, 7) is 0. The predicted molar refractivity (Wildman–Crippen MR) is 72.3 cm³/mol. The van der Waals surface area contributed by atoms with Gasteiger partial charge in [0.05, 0.1) is 20.6 Å². The zero-order chi connectivity index (χ0) is 14.5. The SMILES string of the molecule is COC(=O)CC(Sc1nc2ccccc2o1)C(=O)OC. The number of nitrogens with zero attached hydrogens (tertiary/aromatic N) is 1. The number of oxazole rings is 1. The van der Waals surface area contributed by atoms with Crippen molar-refractivity contribution in [3.8, 4) is 0 Å². The second kappa shape index (κ2) is 6.42. The van der Waals surface area contributed by atoms with E-state index in [0.29, 0.717) is 16.3 Å². The van der Waals surface area contributed by atoms with Crippen LogP contribution in [0.4, 0.5) is 0 Å². The summed E-state index contributed by atoms with van der Waals surface area (Å²) in [5.74, 6) is -1.02. The molecule has 1 atom stereocenters. The van der Waals surface area contributed by atoms with Crippen LogP contribution >= 0.6 is 11.8 Å². The molecule has 1 unspecified atom stereocenters. The van der Waals surface area contributed by atoms with Crippen LogP contribution in [0.2, 0.25) is 0 Å². The Labute approximate surface area is 119 Å². The Morgan fingerprint density at radius 3 is 2.70 bits per heavy atom. The first-order valence-corrected chi connectivity index (χ1v) is 6.69. The first-order valence-electron chi connectivity index (χ1n) is 5.81. The molecular weight excluding hydrogens is 282 g/mol. The number of thioether (sulfide) groups is 1. The van der Waals surface area contributed by atoms with Crippen LogP contribution in [0.15, 0.2) is 33.9 Å². The maximum absolute atomic E-state index is 11.7. The molecular formula is C13H13NO5S. The fourth-order valence-corrected chi connectivity index (χ4v) is 2.51. The van der Waals surface area contributed by atoms with Gasteiger partial charge in [0.2, 0.25) is 0 Å². The summed E-state index contributed by atoms with van der Waals surface area (Å²) in [5.41, 5.74) is 1.31. The van der Waals surface area contributed by atoms with Gasteiger partial charge in [0, 0.05) is 0 Å². The van der Waals surface area contributed by atoms with Gasteiger partial charge < -0.3 is 13.9 Å². The third-order valence-corrected chi connectivity index (χ3v) is 3.58. The van der Waals surface area contributed by atoms with Crippen LogP contribution in [-0.4, -0.2) is 36.4 Å². The second-order valence-electron chi connectivity index (χ2n) is 3.86. The van der Waals surface area contributed by atoms with Gasteiger partial charge in [-0.15, -0.1) is 0 Å². The Bertz CT molecular complexity index is 591. The topological polar surface area (TPSA) is 78.6 Å². The zero-order valence-corrected chi connectivity index (χ0v) is 11.8. The summed E-state index contributed by atoms with van der Waals surface area (Å²) in [4.78, 5) is 27.2. The largest absolute Gasteiger partial charge is 0.469 e. The molecule has 0 saturated heterocycles. The summed E-state index contributed by atoms with van der Waals surface area (Å²) in [7, 11) is 2.53. The van der Waals surface area contributed by atoms with Crippen molar-refractivity contribution in [3.63, 3.8) is 0 Å². The number of hydrogen-bond acceptors (Lipinski definition) is 7.